The van der Waals surface area contributed by atoms with Gasteiger partial charge in [0.1, 0.15) is 0 Å². The largest absolute Gasteiger partial charge is 0.418 e. The monoisotopic (exact) mass is 294 g/mol. The van der Waals surface area contributed by atoms with Gasteiger partial charge in [-0.2, -0.15) is 13.2 Å². The molecule has 0 aliphatic heterocycles. The summed E-state index contributed by atoms with van der Waals surface area (Å²) >= 11 is 1.32. The van der Waals surface area contributed by atoms with Crippen LogP contribution >= 0.6 is 11.3 Å². The Morgan fingerprint density at radius 3 is 2.40 bits per heavy atom. The third kappa shape index (κ3) is 2.46. The summed E-state index contributed by atoms with van der Waals surface area (Å²) in [5.74, 6) is 0. The number of thiazole rings is 1. The number of fused-ring (bicyclic) bond motifs is 1. The van der Waals surface area contributed by atoms with Crippen LogP contribution in [-0.4, -0.2) is 4.98 Å². The predicted octanol–water partition coefficient (Wildman–Crippen LogP) is 5.06. The van der Waals surface area contributed by atoms with E-state index in [0.717, 1.165) is 16.3 Å². The minimum absolute atomic E-state index is 0.0130. The molecule has 0 saturated carbocycles. The van der Waals surface area contributed by atoms with Crippen molar-refractivity contribution in [3.8, 4) is 0 Å². The van der Waals surface area contributed by atoms with E-state index >= 15 is 0 Å². The summed E-state index contributed by atoms with van der Waals surface area (Å²) in [6.07, 6.45) is -4.39. The summed E-state index contributed by atoms with van der Waals surface area (Å²) in [6, 6.07) is 12.8. The maximum absolute atomic E-state index is 12.9. The van der Waals surface area contributed by atoms with Gasteiger partial charge in [-0.05, 0) is 24.3 Å². The Kier molecular flexibility index (Phi) is 3.10. The molecule has 0 saturated heterocycles. The van der Waals surface area contributed by atoms with Gasteiger partial charge in [0, 0.05) is 0 Å². The second-order valence-electron chi connectivity index (χ2n) is 4.16. The molecular formula is C14H9F3N2S. The summed E-state index contributed by atoms with van der Waals surface area (Å²) in [5.41, 5.74) is 0.0859. The number of halogens is 3. The first-order valence-electron chi connectivity index (χ1n) is 5.83. The number of hydrogen-bond donors (Lipinski definition) is 1. The van der Waals surface area contributed by atoms with Crippen molar-refractivity contribution >= 4 is 32.4 Å². The van der Waals surface area contributed by atoms with Gasteiger partial charge in [0.2, 0.25) is 0 Å². The van der Waals surface area contributed by atoms with Crippen LogP contribution in [0.3, 0.4) is 0 Å². The van der Waals surface area contributed by atoms with Crippen LogP contribution in [-0.2, 0) is 6.18 Å². The predicted molar refractivity (Wildman–Crippen MR) is 74.3 cm³/mol. The van der Waals surface area contributed by atoms with Crippen molar-refractivity contribution in [2.45, 2.75) is 6.18 Å². The standard InChI is InChI=1S/C14H9F3N2S/c15-14(16,17)9-5-1-2-6-10(9)18-13-19-11-7-3-4-8-12(11)20-13/h1-8H,(H,18,19). The molecule has 1 N–H and O–H groups in total. The highest BCUT2D eigenvalue weighted by Crippen LogP contribution is 2.37. The van der Waals surface area contributed by atoms with Gasteiger partial charge in [-0.15, -0.1) is 0 Å². The normalized spacial score (nSPS) is 11.8. The quantitative estimate of drug-likeness (QED) is 0.714. The summed E-state index contributed by atoms with van der Waals surface area (Å²) in [5, 5.41) is 3.20. The number of aromatic nitrogens is 1. The Bertz CT molecular complexity index is 716. The number of anilines is 2. The number of para-hydroxylation sites is 2. The van der Waals surface area contributed by atoms with Crippen molar-refractivity contribution in [2.75, 3.05) is 5.32 Å². The van der Waals surface area contributed by atoms with Crippen molar-refractivity contribution in [1.82, 2.24) is 4.98 Å². The van der Waals surface area contributed by atoms with Gasteiger partial charge in [0.25, 0.3) is 0 Å². The highest BCUT2D eigenvalue weighted by Gasteiger charge is 2.33. The maximum Gasteiger partial charge on any atom is 0.418 e. The minimum atomic E-state index is -4.39. The lowest BCUT2D eigenvalue weighted by Gasteiger charge is -2.12. The second-order valence-corrected chi connectivity index (χ2v) is 5.19. The molecule has 0 aliphatic carbocycles. The van der Waals surface area contributed by atoms with E-state index in [9.17, 15) is 13.2 Å². The van der Waals surface area contributed by atoms with Crippen molar-refractivity contribution in [2.24, 2.45) is 0 Å². The fraction of sp³-hybridized carbons (Fsp3) is 0.0714. The van der Waals surface area contributed by atoms with Gasteiger partial charge in [0.15, 0.2) is 5.13 Å². The lowest BCUT2D eigenvalue weighted by molar-refractivity contribution is -0.136. The zero-order valence-corrected chi connectivity index (χ0v) is 10.9. The lowest BCUT2D eigenvalue weighted by Crippen LogP contribution is -2.08. The zero-order chi connectivity index (χ0) is 14.2. The van der Waals surface area contributed by atoms with Crippen LogP contribution in [0.25, 0.3) is 10.2 Å². The third-order valence-corrected chi connectivity index (χ3v) is 3.72. The van der Waals surface area contributed by atoms with Crippen molar-refractivity contribution in [3.05, 3.63) is 54.1 Å². The zero-order valence-electron chi connectivity index (χ0n) is 10.1. The molecule has 6 heteroatoms. The van der Waals surface area contributed by atoms with Gasteiger partial charge in [-0.25, -0.2) is 4.98 Å². The fourth-order valence-corrected chi connectivity index (χ4v) is 2.76. The molecule has 20 heavy (non-hydrogen) atoms. The average Bonchev–Trinajstić information content (AvgIpc) is 2.80. The third-order valence-electron chi connectivity index (χ3n) is 2.77. The molecule has 0 spiro atoms. The Balaban J connectivity index is 1.99. The fourth-order valence-electron chi connectivity index (χ4n) is 1.88. The van der Waals surface area contributed by atoms with Crippen LogP contribution in [0.15, 0.2) is 48.5 Å². The topological polar surface area (TPSA) is 24.9 Å². The van der Waals surface area contributed by atoms with Gasteiger partial charge in [-0.3, -0.25) is 0 Å². The van der Waals surface area contributed by atoms with Crippen molar-refractivity contribution in [1.29, 1.82) is 0 Å². The summed E-state index contributed by atoms with van der Waals surface area (Å²) in [4.78, 5) is 4.27. The van der Waals surface area contributed by atoms with E-state index in [2.05, 4.69) is 10.3 Å². The first kappa shape index (κ1) is 12.9. The van der Waals surface area contributed by atoms with Crippen LogP contribution in [0.2, 0.25) is 0 Å². The van der Waals surface area contributed by atoms with Gasteiger partial charge in [-0.1, -0.05) is 35.6 Å². The SMILES string of the molecule is FC(F)(F)c1ccccc1Nc1nc2ccccc2s1. The molecule has 1 aromatic heterocycles. The van der Waals surface area contributed by atoms with E-state index in [1.807, 2.05) is 24.3 Å². The molecule has 2 aromatic carbocycles. The number of nitrogens with zero attached hydrogens (tertiary/aromatic N) is 1. The number of hydrogen-bond acceptors (Lipinski definition) is 3. The number of benzene rings is 2. The van der Waals surface area contributed by atoms with E-state index in [-0.39, 0.29) is 5.69 Å². The highest BCUT2D eigenvalue weighted by molar-refractivity contribution is 7.22. The molecule has 0 fully saturated rings. The first-order chi connectivity index (χ1) is 9.54. The average molecular weight is 294 g/mol. The lowest BCUT2D eigenvalue weighted by atomic mass is 10.2. The molecular weight excluding hydrogens is 285 g/mol. The van der Waals surface area contributed by atoms with E-state index < -0.39 is 11.7 Å². The van der Waals surface area contributed by atoms with Crippen molar-refractivity contribution < 1.29 is 13.2 Å². The minimum Gasteiger partial charge on any atom is -0.331 e. The van der Waals surface area contributed by atoms with Crippen LogP contribution < -0.4 is 5.32 Å². The molecule has 0 radical (unpaired) electrons. The van der Waals surface area contributed by atoms with E-state index in [0.29, 0.717) is 5.13 Å². The van der Waals surface area contributed by atoms with Crippen LogP contribution in [0.4, 0.5) is 24.0 Å². The molecule has 0 bridgehead atoms. The van der Waals surface area contributed by atoms with E-state index in [1.54, 1.807) is 6.07 Å². The van der Waals surface area contributed by atoms with Crippen LogP contribution in [0.5, 0.6) is 0 Å². The molecule has 2 nitrogen and oxygen atoms in total. The molecule has 0 unspecified atom stereocenters. The second kappa shape index (κ2) is 4.79. The van der Waals surface area contributed by atoms with E-state index in [1.165, 1.54) is 23.5 Å². The highest BCUT2D eigenvalue weighted by atomic mass is 32.1. The van der Waals surface area contributed by atoms with Gasteiger partial charge in [0.05, 0.1) is 21.5 Å². The van der Waals surface area contributed by atoms with Gasteiger partial charge < -0.3 is 5.32 Å². The van der Waals surface area contributed by atoms with E-state index in [4.69, 9.17) is 0 Å². The van der Waals surface area contributed by atoms with Crippen molar-refractivity contribution in [3.63, 3.8) is 0 Å². The number of alkyl halides is 3. The molecule has 0 aliphatic rings. The Hall–Kier alpha value is -2.08. The molecule has 0 amide bonds. The summed E-state index contributed by atoms with van der Waals surface area (Å²) in [6.45, 7) is 0. The smallest absolute Gasteiger partial charge is 0.331 e. The molecule has 3 rings (SSSR count). The molecule has 3 aromatic rings. The number of rotatable bonds is 2. The van der Waals surface area contributed by atoms with Crippen LogP contribution in [0, 0.1) is 0 Å². The maximum atomic E-state index is 12.9. The summed E-state index contributed by atoms with van der Waals surface area (Å²) < 4.78 is 39.6. The Morgan fingerprint density at radius 1 is 0.950 bits per heavy atom. The molecule has 1 heterocycles. The van der Waals surface area contributed by atoms with Gasteiger partial charge >= 0.3 is 6.18 Å². The Labute approximate surface area is 116 Å². The molecule has 0 atom stereocenters. The Morgan fingerprint density at radius 2 is 1.65 bits per heavy atom. The molecule has 102 valence electrons. The number of nitrogens with one attached hydrogen (secondary N) is 1. The summed E-state index contributed by atoms with van der Waals surface area (Å²) in [7, 11) is 0. The first-order valence-corrected chi connectivity index (χ1v) is 6.64. The van der Waals surface area contributed by atoms with Crippen LogP contribution in [0.1, 0.15) is 5.56 Å².